The zero-order chi connectivity index (χ0) is 19.5. The fraction of sp³-hybridized carbons (Fsp3) is 0.250. The van der Waals surface area contributed by atoms with Gasteiger partial charge in [-0.15, -0.1) is 0 Å². The highest BCUT2D eigenvalue weighted by atomic mass is 16.2. The average molecular weight is 376 g/mol. The number of anilines is 1. The van der Waals surface area contributed by atoms with Gasteiger partial charge in [0.2, 0.25) is 5.95 Å². The second kappa shape index (κ2) is 7.59. The van der Waals surface area contributed by atoms with Crippen LogP contribution in [0.2, 0.25) is 0 Å². The molecular formula is C20H20N6O2. The molecule has 1 amide bonds. The number of nitrogens with two attached hydrogens (primary N) is 1. The molecule has 1 aliphatic heterocycles. The van der Waals surface area contributed by atoms with Gasteiger partial charge in [0, 0.05) is 36.8 Å². The highest BCUT2D eigenvalue weighted by molar-refractivity contribution is 5.99. The SMILES string of the molecule is Nc1ncc(C(=O)N2CCC[C@H](c3cc(=O)[nH]cn3)C2)c(-c2ccccc2)n1. The molecule has 1 atom stereocenters. The Morgan fingerprint density at radius 1 is 1.21 bits per heavy atom. The average Bonchev–Trinajstić information content (AvgIpc) is 2.74. The van der Waals surface area contributed by atoms with Gasteiger partial charge in [0.25, 0.3) is 11.5 Å². The Morgan fingerprint density at radius 2 is 2.04 bits per heavy atom. The summed E-state index contributed by atoms with van der Waals surface area (Å²) in [5.74, 6) is 0.00269. The lowest BCUT2D eigenvalue weighted by atomic mass is 9.94. The molecule has 0 spiro atoms. The fourth-order valence-electron chi connectivity index (χ4n) is 3.55. The van der Waals surface area contributed by atoms with Crippen LogP contribution in [0, 0.1) is 0 Å². The van der Waals surface area contributed by atoms with Crippen LogP contribution in [0.1, 0.15) is 34.8 Å². The number of piperidine rings is 1. The van der Waals surface area contributed by atoms with Gasteiger partial charge < -0.3 is 15.6 Å². The number of carbonyl (C=O) groups excluding carboxylic acids is 1. The molecule has 3 N–H and O–H groups in total. The molecule has 3 aromatic rings. The van der Waals surface area contributed by atoms with E-state index in [0.717, 1.165) is 18.4 Å². The van der Waals surface area contributed by atoms with Crippen LogP contribution in [-0.4, -0.2) is 43.8 Å². The standard InChI is InChI=1S/C20H20N6O2/c21-20-22-10-15(18(25-20)13-5-2-1-3-6-13)19(28)26-8-4-7-14(11-26)16-9-17(27)24-12-23-16/h1-3,5-6,9-10,12,14H,4,7-8,11H2,(H2,21,22,25)(H,23,24,27)/t14-/m0/s1. The van der Waals surface area contributed by atoms with Crippen LogP contribution in [0.25, 0.3) is 11.3 Å². The van der Waals surface area contributed by atoms with Gasteiger partial charge in [-0.3, -0.25) is 9.59 Å². The Kier molecular flexibility index (Phi) is 4.84. The van der Waals surface area contributed by atoms with Crippen LogP contribution in [-0.2, 0) is 0 Å². The van der Waals surface area contributed by atoms with Crippen LogP contribution in [0.4, 0.5) is 5.95 Å². The van der Waals surface area contributed by atoms with E-state index in [4.69, 9.17) is 5.73 Å². The maximum Gasteiger partial charge on any atom is 0.257 e. The van der Waals surface area contributed by atoms with E-state index in [1.807, 2.05) is 30.3 Å². The molecule has 28 heavy (non-hydrogen) atoms. The van der Waals surface area contributed by atoms with Gasteiger partial charge in [0.1, 0.15) is 0 Å². The van der Waals surface area contributed by atoms with Gasteiger partial charge >= 0.3 is 0 Å². The van der Waals surface area contributed by atoms with Crippen molar-refractivity contribution in [2.45, 2.75) is 18.8 Å². The Hall–Kier alpha value is -3.55. The molecule has 0 bridgehead atoms. The summed E-state index contributed by atoms with van der Waals surface area (Å²) in [5.41, 5.74) is 8.04. The number of aromatic nitrogens is 4. The summed E-state index contributed by atoms with van der Waals surface area (Å²) in [6.45, 7) is 1.13. The molecule has 8 nitrogen and oxygen atoms in total. The Morgan fingerprint density at radius 3 is 2.82 bits per heavy atom. The molecule has 8 heteroatoms. The van der Waals surface area contributed by atoms with Gasteiger partial charge in [-0.05, 0) is 12.8 Å². The smallest absolute Gasteiger partial charge is 0.257 e. The number of rotatable bonds is 3. The second-order valence-corrected chi connectivity index (χ2v) is 6.78. The summed E-state index contributed by atoms with van der Waals surface area (Å²) in [5, 5.41) is 0. The highest BCUT2D eigenvalue weighted by Crippen LogP contribution is 2.28. The summed E-state index contributed by atoms with van der Waals surface area (Å²) in [7, 11) is 0. The largest absolute Gasteiger partial charge is 0.368 e. The number of aromatic amines is 1. The monoisotopic (exact) mass is 376 g/mol. The normalized spacial score (nSPS) is 16.7. The number of nitrogens with one attached hydrogen (secondary N) is 1. The van der Waals surface area contributed by atoms with Crippen LogP contribution < -0.4 is 11.3 Å². The number of benzene rings is 1. The predicted octanol–water partition coefficient (Wildman–Crippen LogP) is 1.83. The summed E-state index contributed by atoms with van der Waals surface area (Å²) in [6.07, 6.45) is 4.60. The summed E-state index contributed by atoms with van der Waals surface area (Å²) in [4.78, 5) is 41.8. The minimum absolute atomic E-state index is 0.0230. The lowest BCUT2D eigenvalue weighted by molar-refractivity contribution is 0.0706. The molecular weight excluding hydrogens is 356 g/mol. The first-order valence-electron chi connectivity index (χ1n) is 9.13. The minimum atomic E-state index is -0.188. The molecule has 3 heterocycles. The van der Waals surface area contributed by atoms with E-state index >= 15 is 0 Å². The Labute approximate surface area is 161 Å². The topological polar surface area (TPSA) is 118 Å². The van der Waals surface area contributed by atoms with E-state index in [0.29, 0.717) is 30.0 Å². The Balaban J connectivity index is 1.64. The number of H-pyrrole nitrogens is 1. The first-order chi connectivity index (χ1) is 13.6. The van der Waals surface area contributed by atoms with Crippen LogP contribution in [0.3, 0.4) is 0 Å². The fourth-order valence-corrected chi connectivity index (χ4v) is 3.55. The molecule has 1 saturated heterocycles. The van der Waals surface area contributed by atoms with E-state index < -0.39 is 0 Å². The van der Waals surface area contributed by atoms with E-state index in [1.165, 1.54) is 18.6 Å². The molecule has 0 saturated carbocycles. The van der Waals surface area contributed by atoms with Crippen molar-refractivity contribution < 1.29 is 4.79 Å². The van der Waals surface area contributed by atoms with Gasteiger partial charge in [-0.1, -0.05) is 30.3 Å². The quantitative estimate of drug-likeness (QED) is 0.720. The van der Waals surface area contributed by atoms with Gasteiger partial charge in [0.15, 0.2) is 0 Å². The molecule has 4 rings (SSSR count). The number of likely N-dealkylation sites (tertiary alicyclic amines) is 1. The zero-order valence-electron chi connectivity index (χ0n) is 15.2. The van der Waals surface area contributed by atoms with Crippen molar-refractivity contribution in [2.24, 2.45) is 0 Å². The molecule has 0 unspecified atom stereocenters. The van der Waals surface area contributed by atoms with Crippen molar-refractivity contribution in [1.82, 2.24) is 24.8 Å². The number of hydrogen-bond acceptors (Lipinski definition) is 6. The molecule has 142 valence electrons. The number of amides is 1. The molecule has 0 aliphatic carbocycles. The van der Waals surface area contributed by atoms with E-state index in [9.17, 15) is 9.59 Å². The summed E-state index contributed by atoms with van der Waals surface area (Å²) < 4.78 is 0. The molecule has 0 radical (unpaired) electrons. The number of nitrogens with zero attached hydrogens (tertiary/aromatic N) is 4. The number of carbonyl (C=O) groups is 1. The second-order valence-electron chi connectivity index (χ2n) is 6.78. The number of nitrogen functional groups attached to an aromatic ring is 1. The van der Waals surface area contributed by atoms with Crippen molar-refractivity contribution >= 4 is 11.9 Å². The first-order valence-corrected chi connectivity index (χ1v) is 9.13. The van der Waals surface area contributed by atoms with E-state index in [2.05, 4.69) is 19.9 Å². The summed E-state index contributed by atoms with van der Waals surface area (Å²) >= 11 is 0. The van der Waals surface area contributed by atoms with Crippen molar-refractivity contribution in [1.29, 1.82) is 0 Å². The molecule has 1 aliphatic rings. The maximum absolute atomic E-state index is 13.3. The third kappa shape index (κ3) is 3.62. The van der Waals surface area contributed by atoms with Crippen molar-refractivity contribution in [2.75, 3.05) is 18.8 Å². The number of hydrogen-bond donors (Lipinski definition) is 2. The van der Waals surface area contributed by atoms with E-state index in [1.54, 1.807) is 4.90 Å². The van der Waals surface area contributed by atoms with Crippen LogP contribution in [0.15, 0.2) is 53.7 Å². The lowest BCUT2D eigenvalue weighted by Crippen LogP contribution is -2.40. The van der Waals surface area contributed by atoms with Gasteiger partial charge in [-0.2, -0.15) is 0 Å². The van der Waals surface area contributed by atoms with Crippen molar-refractivity contribution in [3.05, 3.63) is 70.5 Å². The van der Waals surface area contributed by atoms with Crippen molar-refractivity contribution in [3.63, 3.8) is 0 Å². The van der Waals surface area contributed by atoms with Gasteiger partial charge in [-0.25, -0.2) is 15.0 Å². The minimum Gasteiger partial charge on any atom is -0.368 e. The Bertz CT molecular complexity index is 1050. The maximum atomic E-state index is 13.3. The lowest BCUT2D eigenvalue weighted by Gasteiger charge is -2.32. The van der Waals surface area contributed by atoms with Crippen LogP contribution in [0.5, 0.6) is 0 Å². The van der Waals surface area contributed by atoms with Gasteiger partial charge in [0.05, 0.1) is 23.3 Å². The summed E-state index contributed by atoms with van der Waals surface area (Å²) in [6, 6.07) is 10.9. The highest BCUT2D eigenvalue weighted by Gasteiger charge is 2.28. The molecule has 1 aromatic carbocycles. The van der Waals surface area contributed by atoms with E-state index in [-0.39, 0.29) is 23.3 Å². The van der Waals surface area contributed by atoms with Crippen LogP contribution >= 0.6 is 0 Å². The zero-order valence-corrected chi connectivity index (χ0v) is 15.2. The van der Waals surface area contributed by atoms with Crippen molar-refractivity contribution in [3.8, 4) is 11.3 Å². The predicted molar refractivity (Wildman–Crippen MR) is 105 cm³/mol. The third-order valence-electron chi connectivity index (χ3n) is 4.91. The third-order valence-corrected chi connectivity index (χ3v) is 4.91. The molecule has 1 fully saturated rings. The molecule has 2 aromatic heterocycles. The first kappa shape index (κ1) is 17.8.